The minimum atomic E-state index is -0.165. The highest BCUT2D eigenvalue weighted by atomic mass is 16.5. The van der Waals surface area contributed by atoms with Crippen molar-refractivity contribution < 1.29 is 9.53 Å². The van der Waals surface area contributed by atoms with Crippen LogP contribution in [-0.2, 0) is 11.3 Å². The maximum Gasteiger partial charge on any atom is 0.272 e. The SMILES string of the molecule is O=C(Nc1cnn(CC2CCCO2)c1)c1ccc[nH]1. The molecule has 1 atom stereocenters. The average Bonchev–Trinajstić information content (AvgIpc) is 3.10. The monoisotopic (exact) mass is 260 g/mol. The summed E-state index contributed by atoms with van der Waals surface area (Å²) in [5.74, 6) is -0.165. The van der Waals surface area contributed by atoms with E-state index in [9.17, 15) is 4.79 Å². The molecule has 0 saturated carbocycles. The lowest BCUT2D eigenvalue weighted by Crippen LogP contribution is -2.15. The van der Waals surface area contributed by atoms with E-state index in [0.29, 0.717) is 11.4 Å². The Kier molecular flexibility index (Phi) is 3.33. The van der Waals surface area contributed by atoms with Gasteiger partial charge in [0, 0.05) is 19.0 Å². The van der Waals surface area contributed by atoms with E-state index in [0.717, 1.165) is 26.0 Å². The van der Waals surface area contributed by atoms with Crippen LogP contribution in [0.25, 0.3) is 0 Å². The number of rotatable bonds is 4. The first-order valence-corrected chi connectivity index (χ1v) is 6.40. The van der Waals surface area contributed by atoms with Crippen molar-refractivity contribution in [3.8, 4) is 0 Å². The number of nitrogens with zero attached hydrogens (tertiary/aromatic N) is 2. The summed E-state index contributed by atoms with van der Waals surface area (Å²) in [5.41, 5.74) is 1.23. The summed E-state index contributed by atoms with van der Waals surface area (Å²) in [6, 6.07) is 3.52. The van der Waals surface area contributed by atoms with E-state index in [4.69, 9.17) is 4.74 Å². The van der Waals surface area contributed by atoms with Gasteiger partial charge in [-0.25, -0.2) is 0 Å². The third-order valence-corrected chi connectivity index (χ3v) is 3.15. The van der Waals surface area contributed by atoms with Crippen LogP contribution >= 0.6 is 0 Å². The second-order valence-electron chi connectivity index (χ2n) is 4.62. The van der Waals surface area contributed by atoms with Gasteiger partial charge in [0.1, 0.15) is 5.69 Å². The summed E-state index contributed by atoms with van der Waals surface area (Å²) in [7, 11) is 0. The van der Waals surface area contributed by atoms with Crippen LogP contribution in [0.4, 0.5) is 5.69 Å². The number of carbonyl (C=O) groups is 1. The Hall–Kier alpha value is -2.08. The smallest absolute Gasteiger partial charge is 0.272 e. The van der Waals surface area contributed by atoms with Crippen molar-refractivity contribution in [2.45, 2.75) is 25.5 Å². The molecule has 2 aromatic heterocycles. The van der Waals surface area contributed by atoms with Crippen LogP contribution in [0.3, 0.4) is 0 Å². The van der Waals surface area contributed by atoms with Gasteiger partial charge in [-0.3, -0.25) is 9.48 Å². The molecule has 2 aromatic rings. The Balaban J connectivity index is 1.60. The largest absolute Gasteiger partial charge is 0.376 e. The molecule has 1 fully saturated rings. The number of ether oxygens (including phenoxy) is 1. The van der Waals surface area contributed by atoms with Gasteiger partial charge in [0.25, 0.3) is 5.91 Å². The molecule has 100 valence electrons. The van der Waals surface area contributed by atoms with Gasteiger partial charge in [-0.2, -0.15) is 5.10 Å². The van der Waals surface area contributed by atoms with Gasteiger partial charge >= 0.3 is 0 Å². The van der Waals surface area contributed by atoms with Crippen molar-refractivity contribution in [2.75, 3.05) is 11.9 Å². The van der Waals surface area contributed by atoms with Gasteiger partial charge in [0.05, 0.1) is 24.5 Å². The van der Waals surface area contributed by atoms with Crippen molar-refractivity contribution >= 4 is 11.6 Å². The minimum Gasteiger partial charge on any atom is -0.376 e. The molecule has 1 aliphatic heterocycles. The minimum absolute atomic E-state index is 0.165. The fraction of sp³-hybridized carbons (Fsp3) is 0.385. The van der Waals surface area contributed by atoms with Gasteiger partial charge in [0.15, 0.2) is 0 Å². The molecule has 0 aliphatic carbocycles. The number of H-pyrrole nitrogens is 1. The van der Waals surface area contributed by atoms with Crippen LogP contribution < -0.4 is 5.32 Å². The molecule has 3 heterocycles. The molecule has 0 radical (unpaired) electrons. The van der Waals surface area contributed by atoms with Gasteiger partial charge in [0.2, 0.25) is 0 Å². The number of anilines is 1. The van der Waals surface area contributed by atoms with Gasteiger partial charge < -0.3 is 15.0 Å². The number of nitrogens with one attached hydrogen (secondary N) is 2. The first-order chi connectivity index (χ1) is 9.31. The standard InChI is InChI=1S/C13H16N4O2/c18-13(12-4-1-5-14-12)16-10-7-15-17(8-10)9-11-3-2-6-19-11/h1,4-5,7-8,11,14H,2-3,6,9H2,(H,16,18). The lowest BCUT2D eigenvalue weighted by Gasteiger charge is -2.08. The van der Waals surface area contributed by atoms with Crippen molar-refractivity contribution in [1.29, 1.82) is 0 Å². The molecule has 1 aliphatic rings. The fourth-order valence-corrected chi connectivity index (χ4v) is 2.19. The molecular weight excluding hydrogens is 244 g/mol. The number of aromatic amines is 1. The third-order valence-electron chi connectivity index (χ3n) is 3.15. The second-order valence-corrected chi connectivity index (χ2v) is 4.62. The van der Waals surface area contributed by atoms with E-state index < -0.39 is 0 Å². The maximum atomic E-state index is 11.8. The predicted molar refractivity (Wildman–Crippen MR) is 69.9 cm³/mol. The van der Waals surface area contributed by atoms with E-state index >= 15 is 0 Å². The highest BCUT2D eigenvalue weighted by molar-refractivity contribution is 6.02. The van der Waals surface area contributed by atoms with E-state index in [1.54, 1.807) is 29.2 Å². The van der Waals surface area contributed by atoms with E-state index in [1.807, 2.05) is 6.20 Å². The van der Waals surface area contributed by atoms with Crippen LogP contribution in [0.1, 0.15) is 23.3 Å². The molecule has 1 unspecified atom stereocenters. The summed E-state index contributed by atoms with van der Waals surface area (Å²) < 4.78 is 7.36. The zero-order valence-corrected chi connectivity index (χ0v) is 10.5. The number of carbonyl (C=O) groups excluding carboxylic acids is 1. The zero-order chi connectivity index (χ0) is 13.1. The molecule has 1 amide bonds. The topological polar surface area (TPSA) is 71.9 Å². The zero-order valence-electron chi connectivity index (χ0n) is 10.5. The third kappa shape index (κ3) is 2.85. The number of amides is 1. The molecule has 0 aromatic carbocycles. The van der Waals surface area contributed by atoms with E-state index in [2.05, 4.69) is 15.4 Å². The molecule has 6 nitrogen and oxygen atoms in total. The molecule has 1 saturated heterocycles. The molecule has 19 heavy (non-hydrogen) atoms. The van der Waals surface area contributed by atoms with Crippen LogP contribution in [0.15, 0.2) is 30.7 Å². The molecule has 6 heteroatoms. The Bertz CT molecular complexity index is 541. The molecule has 3 rings (SSSR count). The van der Waals surface area contributed by atoms with E-state index in [-0.39, 0.29) is 12.0 Å². The first-order valence-electron chi connectivity index (χ1n) is 6.40. The van der Waals surface area contributed by atoms with Gasteiger partial charge in [-0.15, -0.1) is 0 Å². The van der Waals surface area contributed by atoms with E-state index in [1.165, 1.54) is 0 Å². The fourth-order valence-electron chi connectivity index (χ4n) is 2.19. The summed E-state index contributed by atoms with van der Waals surface area (Å²) in [5, 5.41) is 7.02. The number of hydrogen-bond donors (Lipinski definition) is 2. The Labute approximate surface area is 110 Å². The van der Waals surface area contributed by atoms with Crippen molar-refractivity contribution in [3.63, 3.8) is 0 Å². The highest BCUT2D eigenvalue weighted by Gasteiger charge is 2.16. The van der Waals surface area contributed by atoms with Crippen molar-refractivity contribution in [2.24, 2.45) is 0 Å². The maximum absolute atomic E-state index is 11.8. The summed E-state index contributed by atoms with van der Waals surface area (Å²) in [4.78, 5) is 14.7. The highest BCUT2D eigenvalue weighted by Crippen LogP contribution is 2.15. The normalized spacial score (nSPS) is 18.6. The Morgan fingerprint density at radius 2 is 2.58 bits per heavy atom. The van der Waals surface area contributed by atoms with Crippen LogP contribution in [0, 0.1) is 0 Å². The van der Waals surface area contributed by atoms with Crippen molar-refractivity contribution in [1.82, 2.24) is 14.8 Å². The average molecular weight is 260 g/mol. The number of aromatic nitrogens is 3. The lowest BCUT2D eigenvalue weighted by atomic mass is 10.2. The predicted octanol–water partition coefficient (Wildman–Crippen LogP) is 1.64. The summed E-state index contributed by atoms with van der Waals surface area (Å²) >= 11 is 0. The molecule has 0 spiro atoms. The number of hydrogen-bond acceptors (Lipinski definition) is 3. The second kappa shape index (κ2) is 5.27. The molecule has 0 bridgehead atoms. The Morgan fingerprint density at radius 3 is 3.32 bits per heavy atom. The molecule has 2 N–H and O–H groups in total. The van der Waals surface area contributed by atoms with Gasteiger partial charge in [-0.05, 0) is 25.0 Å². The van der Waals surface area contributed by atoms with Crippen LogP contribution in [-0.4, -0.2) is 33.4 Å². The first kappa shape index (κ1) is 12.0. The van der Waals surface area contributed by atoms with Crippen LogP contribution in [0.5, 0.6) is 0 Å². The lowest BCUT2D eigenvalue weighted by molar-refractivity contribution is 0.0940. The van der Waals surface area contributed by atoms with Crippen LogP contribution in [0.2, 0.25) is 0 Å². The summed E-state index contributed by atoms with van der Waals surface area (Å²) in [6.45, 7) is 1.57. The van der Waals surface area contributed by atoms with Gasteiger partial charge in [-0.1, -0.05) is 0 Å². The Morgan fingerprint density at radius 1 is 1.63 bits per heavy atom. The quantitative estimate of drug-likeness (QED) is 0.877. The van der Waals surface area contributed by atoms with Crippen molar-refractivity contribution in [3.05, 3.63) is 36.4 Å². The molecular formula is C13H16N4O2. The summed E-state index contributed by atoms with van der Waals surface area (Å²) in [6.07, 6.45) is 7.62.